The number of hydrogen-bond donors (Lipinski definition) is 2. The molecule has 0 unspecified atom stereocenters. The Balaban J connectivity index is 1.52. The number of halogens is 1. The maximum Gasteiger partial charge on any atom is 0.257 e. The van der Waals surface area contributed by atoms with Crippen molar-refractivity contribution in [3.8, 4) is 11.5 Å². The van der Waals surface area contributed by atoms with E-state index in [4.69, 9.17) is 4.74 Å². The maximum absolute atomic E-state index is 14.8. The highest BCUT2D eigenvalue weighted by Crippen LogP contribution is 2.36. The van der Waals surface area contributed by atoms with Gasteiger partial charge in [0.15, 0.2) is 11.6 Å². The number of rotatable bonds is 8. The van der Waals surface area contributed by atoms with Gasteiger partial charge in [-0.3, -0.25) is 19.5 Å². The fraction of sp³-hybridized carbons (Fsp3) is 0.208. The van der Waals surface area contributed by atoms with Gasteiger partial charge in [0.25, 0.3) is 5.91 Å². The lowest BCUT2D eigenvalue weighted by atomic mass is 10.2. The summed E-state index contributed by atoms with van der Waals surface area (Å²) in [4.78, 5) is 33.7. The third-order valence-corrected chi connectivity index (χ3v) is 6.28. The molecule has 0 spiro atoms. The van der Waals surface area contributed by atoms with Crippen LogP contribution in [0.2, 0.25) is 0 Å². The Hall–Kier alpha value is -3.56. The molecule has 1 amide bonds. The van der Waals surface area contributed by atoms with E-state index < -0.39 is 11.7 Å². The number of carbonyl (C=O) groups is 1. The van der Waals surface area contributed by atoms with Gasteiger partial charge in [0.2, 0.25) is 5.56 Å². The van der Waals surface area contributed by atoms with E-state index >= 15 is 0 Å². The van der Waals surface area contributed by atoms with Crippen LogP contribution >= 0.6 is 11.3 Å². The van der Waals surface area contributed by atoms with Crippen LogP contribution in [-0.4, -0.2) is 33.9 Å². The monoisotopic (exact) mass is 466 g/mol. The van der Waals surface area contributed by atoms with Crippen molar-refractivity contribution in [2.24, 2.45) is 0 Å². The number of carbonyl (C=O) groups excluding carboxylic acids is 1. The van der Waals surface area contributed by atoms with E-state index in [1.54, 1.807) is 29.7 Å². The summed E-state index contributed by atoms with van der Waals surface area (Å²) in [5, 5.41) is 2.60. The van der Waals surface area contributed by atoms with Crippen molar-refractivity contribution in [1.29, 1.82) is 0 Å². The minimum atomic E-state index is -0.612. The van der Waals surface area contributed by atoms with Crippen molar-refractivity contribution in [3.05, 3.63) is 81.5 Å². The Kier molecular flexibility index (Phi) is 6.81. The molecule has 3 aromatic heterocycles. The number of nitrogens with one attached hydrogen (secondary N) is 2. The lowest BCUT2D eigenvalue weighted by molar-refractivity contribution is 0.102. The van der Waals surface area contributed by atoms with Crippen molar-refractivity contribution in [3.63, 3.8) is 0 Å². The summed E-state index contributed by atoms with van der Waals surface area (Å²) < 4.78 is 21.5. The number of nitrogens with zero attached hydrogens (tertiary/aromatic N) is 2. The van der Waals surface area contributed by atoms with Gasteiger partial charge in [-0.2, -0.15) is 0 Å². The van der Waals surface area contributed by atoms with Crippen LogP contribution in [0, 0.1) is 5.82 Å². The van der Waals surface area contributed by atoms with E-state index in [9.17, 15) is 14.0 Å². The topological polar surface area (TPSA) is 87.3 Å². The van der Waals surface area contributed by atoms with E-state index in [2.05, 4.69) is 34.0 Å². The molecule has 33 heavy (non-hydrogen) atoms. The van der Waals surface area contributed by atoms with Gasteiger partial charge >= 0.3 is 0 Å². The normalized spacial score (nSPS) is 11.2. The Morgan fingerprint density at radius 1 is 1.15 bits per heavy atom. The lowest BCUT2D eigenvalue weighted by Gasteiger charge is -2.16. The summed E-state index contributed by atoms with van der Waals surface area (Å²) in [7, 11) is 0. The standard InChI is InChI=1S/C24H23FN4O3S/c1-3-29(4-2)14-17-12-19-23(33-17)21(9-10-26-19)32-20-7-6-16(11-18(20)25)28-24(31)15-5-8-22(30)27-13-15/h5-13H,3-4,14H2,1-2H3,(H,27,30)(H,28,31). The number of hydrogen-bond acceptors (Lipinski definition) is 6. The first-order chi connectivity index (χ1) is 16.0. The Bertz CT molecular complexity index is 1330. The van der Waals surface area contributed by atoms with Gasteiger partial charge in [0.1, 0.15) is 5.75 Å². The van der Waals surface area contributed by atoms with E-state index in [0.29, 0.717) is 5.75 Å². The van der Waals surface area contributed by atoms with Crippen LogP contribution in [0.15, 0.2) is 59.7 Å². The molecule has 7 nitrogen and oxygen atoms in total. The zero-order valence-corrected chi connectivity index (χ0v) is 19.0. The number of ether oxygens (including phenoxy) is 1. The average molecular weight is 467 g/mol. The van der Waals surface area contributed by atoms with Crippen LogP contribution in [0.5, 0.6) is 11.5 Å². The van der Waals surface area contributed by atoms with E-state index in [1.165, 1.54) is 30.5 Å². The first-order valence-corrected chi connectivity index (χ1v) is 11.4. The summed E-state index contributed by atoms with van der Waals surface area (Å²) in [6.45, 7) is 6.99. The van der Waals surface area contributed by atoms with Crippen LogP contribution < -0.4 is 15.6 Å². The molecular formula is C24H23FN4O3S. The fourth-order valence-corrected chi connectivity index (χ4v) is 4.43. The molecule has 0 saturated carbocycles. The van der Waals surface area contributed by atoms with Gasteiger partial charge in [-0.1, -0.05) is 13.8 Å². The number of pyridine rings is 2. The largest absolute Gasteiger partial charge is 0.453 e. The Labute approximate surface area is 193 Å². The predicted molar refractivity (Wildman–Crippen MR) is 128 cm³/mol. The molecule has 0 aliphatic carbocycles. The second kappa shape index (κ2) is 9.93. The van der Waals surface area contributed by atoms with Crippen LogP contribution in [0.25, 0.3) is 10.2 Å². The van der Waals surface area contributed by atoms with Crippen molar-refractivity contribution < 1.29 is 13.9 Å². The molecule has 0 saturated heterocycles. The van der Waals surface area contributed by atoms with Gasteiger partial charge in [0, 0.05) is 47.7 Å². The molecule has 0 aliphatic heterocycles. The zero-order valence-electron chi connectivity index (χ0n) is 18.2. The van der Waals surface area contributed by atoms with Gasteiger partial charge in [-0.25, -0.2) is 4.39 Å². The smallest absolute Gasteiger partial charge is 0.257 e. The molecule has 0 bridgehead atoms. The highest BCUT2D eigenvalue weighted by atomic mass is 32.1. The number of H-pyrrole nitrogens is 1. The number of aromatic amines is 1. The summed E-state index contributed by atoms with van der Waals surface area (Å²) in [5.41, 5.74) is 1.03. The van der Waals surface area contributed by atoms with Gasteiger partial charge < -0.3 is 15.0 Å². The quantitative estimate of drug-likeness (QED) is 0.381. The van der Waals surface area contributed by atoms with Gasteiger partial charge in [0.05, 0.1) is 15.8 Å². The minimum Gasteiger partial charge on any atom is -0.453 e. The maximum atomic E-state index is 14.8. The fourth-order valence-electron chi connectivity index (χ4n) is 3.33. The van der Waals surface area contributed by atoms with Crippen molar-refractivity contribution in [2.45, 2.75) is 20.4 Å². The first kappa shape index (κ1) is 22.6. The SMILES string of the molecule is CCN(CC)Cc1cc2nccc(Oc3ccc(NC(=O)c4ccc(=O)[nH]c4)cc3F)c2s1. The van der Waals surface area contributed by atoms with Crippen molar-refractivity contribution in [1.82, 2.24) is 14.9 Å². The molecule has 170 valence electrons. The molecule has 9 heteroatoms. The highest BCUT2D eigenvalue weighted by molar-refractivity contribution is 7.19. The second-order valence-electron chi connectivity index (χ2n) is 7.34. The summed E-state index contributed by atoms with van der Waals surface area (Å²) >= 11 is 1.58. The Morgan fingerprint density at radius 3 is 2.67 bits per heavy atom. The molecule has 4 aromatic rings. The highest BCUT2D eigenvalue weighted by Gasteiger charge is 2.14. The molecule has 2 N–H and O–H groups in total. The molecule has 0 atom stereocenters. The van der Waals surface area contributed by atoms with Crippen molar-refractivity contribution >= 4 is 33.1 Å². The number of thiophene rings is 1. The van der Waals surface area contributed by atoms with Crippen molar-refractivity contribution in [2.75, 3.05) is 18.4 Å². The third kappa shape index (κ3) is 5.27. The molecule has 0 fully saturated rings. The summed E-state index contributed by atoms with van der Waals surface area (Å²) in [6.07, 6.45) is 2.94. The molecule has 0 radical (unpaired) electrons. The van der Waals surface area contributed by atoms with Crippen LogP contribution in [0.3, 0.4) is 0 Å². The first-order valence-electron chi connectivity index (χ1n) is 10.5. The van der Waals surface area contributed by atoms with Gasteiger partial charge in [-0.15, -0.1) is 11.3 Å². The number of aromatic nitrogens is 2. The second-order valence-corrected chi connectivity index (χ2v) is 8.48. The van der Waals surface area contributed by atoms with Crippen LogP contribution in [0.4, 0.5) is 10.1 Å². The molecular weight excluding hydrogens is 443 g/mol. The molecule has 4 rings (SSSR count). The number of benzene rings is 1. The van der Waals surface area contributed by atoms with Gasteiger partial charge in [-0.05, 0) is 37.4 Å². The minimum absolute atomic E-state index is 0.0447. The number of fused-ring (bicyclic) bond motifs is 1. The molecule has 3 heterocycles. The summed E-state index contributed by atoms with van der Waals surface area (Å²) in [5.74, 6) is -0.503. The average Bonchev–Trinajstić information content (AvgIpc) is 3.23. The third-order valence-electron chi connectivity index (χ3n) is 5.16. The van der Waals surface area contributed by atoms with E-state index in [1.807, 2.05) is 6.07 Å². The predicted octanol–water partition coefficient (Wildman–Crippen LogP) is 5.01. The molecule has 0 aliphatic rings. The van der Waals surface area contributed by atoms with E-state index in [0.717, 1.165) is 34.7 Å². The van der Waals surface area contributed by atoms with Crippen LogP contribution in [-0.2, 0) is 6.54 Å². The number of anilines is 1. The number of amides is 1. The van der Waals surface area contributed by atoms with E-state index in [-0.39, 0.29) is 22.6 Å². The molecule has 1 aromatic carbocycles. The Morgan fingerprint density at radius 2 is 1.97 bits per heavy atom. The zero-order chi connectivity index (χ0) is 23.4. The lowest BCUT2D eigenvalue weighted by Crippen LogP contribution is -2.21. The summed E-state index contributed by atoms with van der Waals surface area (Å²) in [6, 6.07) is 10.6. The van der Waals surface area contributed by atoms with Crippen LogP contribution in [0.1, 0.15) is 29.1 Å².